The van der Waals surface area contributed by atoms with Crippen molar-refractivity contribution in [2.24, 2.45) is 23.2 Å². The Bertz CT molecular complexity index is 732. The van der Waals surface area contributed by atoms with Gasteiger partial charge in [0, 0.05) is 38.2 Å². The average Bonchev–Trinajstić information content (AvgIpc) is 2.67. The number of benzene rings is 1. The predicted octanol–water partition coefficient (Wildman–Crippen LogP) is 3.72. The maximum Gasteiger partial charge on any atom is 0.253 e. The largest absolute Gasteiger partial charge is 0.339 e. The van der Waals surface area contributed by atoms with E-state index in [9.17, 15) is 14.0 Å². The van der Waals surface area contributed by atoms with Crippen molar-refractivity contribution >= 4 is 11.8 Å². The molecule has 4 aliphatic carbocycles. The number of amides is 2. The van der Waals surface area contributed by atoms with E-state index in [1.54, 1.807) is 4.90 Å². The van der Waals surface area contributed by atoms with E-state index in [1.807, 2.05) is 4.90 Å². The van der Waals surface area contributed by atoms with Crippen LogP contribution in [0.2, 0.25) is 0 Å². The summed E-state index contributed by atoms with van der Waals surface area (Å²) in [6.45, 7) is 2.34. The van der Waals surface area contributed by atoms with Crippen LogP contribution < -0.4 is 0 Å². The first-order valence-corrected chi connectivity index (χ1v) is 10.8. The lowest BCUT2D eigenvalue weighted by atomic mass is 9.49. The van der Waals surface area contributed by atoms with Crippen molar-refractivity contribution in [1.29, 1.82) is 0 Å². The molecule has 0 N–H and O–H groups in total. The van der Waals surface area contributed by atoms with E-state index in [0.29, 0.717) is 38.2 Å². The van der Waals surface area contributed by atoms with E-state index < -0.39 is 0 Å². The highest BCUT2D eigenvalue weighted by Gasteiger charge is 2.51. The molecule has 6 rings (SSSR count). The molecule has 1 aromatic rings. The van der Waals surface area contributed by atoms with Crippen LogP contribution >= 0.6 is 0 Å². The van der Waals surface area contributed by atoms with E-state index in [0.717, 1.165) is 17.8 Å². The molecular formula is C23H29FN2O2. The van der Waals surface area contributed by atoms with Gasteiger partial charge >= 0.3 is 0 Å². The molecule has 1 saturated heterocycles. The Morgan fingerprint density at radius 2 is 1.36 bits per heavy atom. The first-order chi connectivity index (χ1) is 13.5. The minimum absolute atomic E-state index is 0.0758. The normalized spacial score (nSPS) is 34.0. The summed E-state index contributed by atoms with van der Waals surface area (Å²) < 4.78 is 13.1. The minimum Gasteiger partial charge on any atom is -0.339 e. The molecule has 28 heavy (non-hydrogen) atoms. The molecule has 4 bridgehead atoms. The van der Waals surface area contributed by atoms with Crippen molar-refractivity contribution < 1.29 is 14.0 Å². The van der Waals surface area contributed by atoms with Gasteiger partial charge < -0.3 is 9.80 Å². The third kappa shape index (κ3) is 3.33. The number of halogens is 1. The minimum atomic E-state index is -0.336. The van der Waals surface area contributed by atoms with Crippen molar-refractivity contribution in [3.63, 3.8) is 0 Å². The van der Waals surface area contributed by atoms with Gasteiger partial charge in [-0.15, -0.1) is 0 Å². The van der Waals surface area contributed by atoms with Crippen molar-refractivity contribution in [1.82, 2.24) is 9.80 Å². The van der Waals surface area contributed by atoms with E-state index >= 15 is 0 Å². The fraction of sp³-hybridized carbons (Fsp3) is 0.652. The van der Waals surface area contributed by atoms with E-state index in [1.165, 1.54) is 62.8 Å². The van der Waals surface area contributed by atoms with Crippen LogP contribution in [0.15, 0.2) is 24.3 Å². The van der Waals surface area contributed by atoms with Crippen molar-refractivity contribution in [2.75, 3.05) is 26.2 Å². The molecule has 0 radical (unpaired) electrons. The molecule has 2 amide bonds. The molecule has 5 fully saturated rings. The van der Waals surface area contributed by atoms with E-state index in [4.69, 9.17) is 0 Å². The molecule has 5 aliphatic rings. The second kappa shape index (κ2) is 6.85. The maximum atomic E-state index is 13.1. The Morgan fingerprint density at radius 3 is 1.89 bits per heavy atom. The molecule has 4 nitrogen and oxygen atoms in total. The molecule has 1 heterocycles. The first kappa shape index (κ1) is 18.1. The zero-order valence-corrected chi connectivity index (χ0v) is 16.4. The number of carbonyl (C=O) groups is 2. The van der Waals surface area contributed by atoms with Crippen LogP contribution in [0.25, 0.3) is 0 Å². The Morgan fingerprint density at radius 1 is 0.857 bits per heavy atom. The monoisotopic (exact) mass is 384 g/mol. The number of rotatable bonds is 3. The van der Waals surface area contributed by atoms with Gasteiger partial charge in [-0.1, -0.05) is 0 Å². The molecule has 1 aliphatic heterocycles. The molecule has 5 heteroatoms. The lowest BCUT2D eigenvalue weighted by molar-refractivity contribution is -0.141. The smallest absolute Gasteiger partial charge is 0.253 e. The van der Waals surface area contributed by atoms with Crippen LogP contribution in [0.4, 0.5) is 4.39 Å². The summed E-state index contributed by atoms with van der Waals surface area (Å²) in [4.78, 5) is 29.4. The lowest BCUT2D eigenvalue weighted by Gasteiger charge is -2.57. The molecule has 150 valence electrons. The molecule has 0 aromatic heterocycles. The summed E-state index contributed by atoms with van der Waals surface area (Å²) in [6, 6.07) is 5.70. The average molecular weight is 384 g/mol. The Labute approximate surface area is 166 Å². The second-order valence-electron chi connectivity index (χ2n) is 9.77. The van der Waals surface area contributed by atoms with Gasteiger partial charge in [0.2, 0.25) is 5.91 Å². The highest BCUT2D eigenvalue weighted by Crippen LogP contribution is 2.61. The third-order valence-electron chi connectivity index (χ3n) is 7.70. The molecule has 4 saturated carbocycles. The number of carbonyl (C=O) groups excluding carboxylic acids is 2. The topological polar surface area (TPSA) is 40.6 Å². The van der Waals surface area contributed by atoms with Crippen LogP contribution in [-0.2, 0) is 4.79 Å². The molecular weight excluding hydrogens is 355 g/mol. The maximum absolute atomic E-state index is 13.1. The van der Waals surface area contributed by atoms with Gasteiger partial charge in [-0.05, 0) is 86.0 Å². The zero-order valence-electron chi connectivity index (χ0n) is 16.4. The van der Waals surface area contributed by atoms with Gasteiger partial charge in [0.15, 0.2) is 0 Å². The standard InChI is InChI=1S/C23H29FN2O2/c24-20-3-1-19(2-4-20)22(28)26-7-5-25(6-8-26)21(27)15-23-12-16-9-17(13-23)11-18(10-16)14-23/h1-4,16-18H,5-15H2. The van der Waals surface area contributed by atoms with Gasteiger partial charge in [0.05, 0.1) is 0 Å². The molecule has 0 unspecified atom stereocenters. The van der Waals surface area contributed by atoms with Gasteiger partial charge in [0.25, 0.3) is 5.91 Å². The van der Waals surface area contributed by atoms with Crippen LogP contribution in [0.3, 0.4) is 0 Å². The second-order valence-corrected chi connectivity index (χ2v) is 9.77. The molecule has 0 spiro atoms. The third-order valence-corrected chi connectivity index (χ3v) is 7.70. The summed E-state index contributed by atoms with van der Waals surface area (Å²) in [5, 5.41) is 0. The summed E-state index contributed by atoms with van der Waals surface area (Å²) in [6.07, 6.45) is 8.69. The SMILES string of the molecule is O=C(CC12CC3CC(CC(C3)C1)C2)N1CCN(C(=O)c2ccc(F)cc2)CC1. The number of nitrogens with zero attached hydrogens (tertiary/aromatic N) is 2. The Hall–Kier alpha value is -1.91. The predicted molar refractivity (Wildman–Crippen MR) is 104 cm³/mol. The van der Waals surface area contributed by atoms with E-state index in [-0.39, 0.29) is 23.0 Å². The first-order valence-electron chi connectivity index (χ1n) is 10.8. The van der Waals surface area contributed by atoms with Crippen molar-refractivity contribution in [3.8, 4) is 0 Å². The summed E-state index contributed by atoms with van der Waals surface area (Å²) in [7, 11) is 0. The van der Waals surface area contributed by atoms with Gasteiger partial charge in [-0.3, -0.25) is 9.59 Å². The van der Waals surface area contributed by atoms with Crippen molar-refractivity contribution in [3.05, 3.63) is 35.6 Å². The number of hydrogen-bond donors (Lipinski definition) is 0. The molecule has 1 aromatic carbocycles. The van der Waals surface area contributed by atoms with Crippen LogP contribution in [0, 0.1) is 29.0 Å². The van der Waals surface area contributed by atoms with Crippen LogP contribution in [-0.4, -0.2) is 47.8 Å². The van der Waals surface area contributed by atoms with Gasteiger partial charge in [0.1, 0.15) is 5.82 Å². The van der Waals surface area contributed by atoms with E-state index in [2.05, 4.69) is 0 Å². The fourth-order valence-corrected chi connectivity index (χ4v) is 6.87. The van der Waals surface area contributed by atoms with Crippen LogP contribution in [0.5, 0.6) is 0 Å². The lowest BCUT2D eigenvalue weighted by Crippen LogP contribution is -2.53. The van der Waals surface area contributed by atoms with Gasteiger partial charge in [-0.2, -0.15) is 0 Å². The molecule has 0 atom stereocenters. The van der Waals surface area contributed by atoms with Gasteiger partial charge in [-0.25, -0.2) is 4.39 Å². The quantitative estimate of drug-likeness (QED) is 0.797. The fourth-order valence-electron chi connectivity index (χ4n) is 6.87. The Balaban J connectivity index is 1.17. The number of hydrogen-bond acceptors (Lipinski definition) is 2. The summed E-state index contributed by atoms with van der Waals surface area (Å²) in [5.74, 6) is 2.47. The highest BCUT2D eigenvalue weighted by atomic mass is 19.1. The van der Waals surface area contributed by atoms with Crippen LogP contribution in [0.1, 0.15) is 55.3 Å². The highest BCUT2D eigenvalue weighted by molar-refractivity contribution is 5.94. The summed E-state index contributed by atoms with van der Waals surface area (Å²) in [5.41, 5.74) is 0.780. The number of piperazine rings is 1. The summed E-state index contributed by atoms with van der Waals surface area (Å²) >= 11 is 0. The van der Waals surface area contributed by atoms with Crippen molar-refractivity contribution in [2.45, 2.75) is 44.9 Å². The Kier molecular flexibility index (Phi) is 4.44. The zero-order chi connectivity index (χ0) is 19.3.